The Balaban J connectivity index is 1.81. The molecule has 0 spiro atoms. The van der Waals surface area contributed by atoms with Crippen LogP contribution >= 0.6 is 11.6 Å². The quantitative estimate of drug-likeness (QED) is 0.856. The normalized spacial score (nSPS) is 14.7. The van der Waals surface area contributed by atoms with Crippen LogP contribution in [-0.4, -0.2) is 21.1 Å². The van der Waals surface area contributed by atoms with Crippen molar-refractivity contribution < 1.29 is 4.79 Å². The highest BCUT2D eigenvalue weighted by molar-refractivity contribution is 6.30. The lowest BCUT2D eigenvalue weighted by molar-refractivity contribution is -0.122. The standard InChI is InChI=1S/C17H18ClN3O3/c18-12-4-3-7-14(10-12)21-9-8-20(16(23)17(21)24)11-15(22)19-13-5-1-2-6-13/h3-4,7-10,13H,1-2,5-6,11H2,(H,19,22). The average Bonchev–Trinajstić information content (AvgIpc) is 3.05. The highest BCUT2D eigenvalue weighted by Gasteiger charge is 2.18. The number of hydrogen-bond acceptors (Lipinski definition) is 3. The fraction of sp³-hybridized carbons (Fsp3) is 0.353. The number of carbonyl (C=O) groups excluding carboxylic acids is 1. The van der Waals surface area contributed by atoms with Gasteiger partial charge in [0.25, 0.3) is 0 Å². The minimum atomic E-state index is -0.737. The highest BCUT2D eigenvalue weighted by Crippen LogP contribution is 2.17. The number of nitrogens with one attached hydrogen (secondary N) is 1. The molecule has 1 aromatic heterocycles. The van der Waals surface area contributed by atoms with Gasteiger partial charge in [-0.25, -0.2) is 0 Å². The first-order chi connectivity index (χ1) is 11.5. The van der Waals surface area contributed by atoms with E-state index in [-0.39, 0.29) is 18.5 Å². The highest BCUT2D eigenvalue weighted by atomic mass is 35.5. The van der Waals surface area contributed by atoms with Crippen molar-refractivity contribution in [2.45, 2.75) is 38.3 Å². The Bertz CT molecular complexity index is 866. The zero-order chi connectivity index (χ0) is 17.1. The van der Waals surface area contributed by atoms with E-state index in [1.54, 1.807) is 24.3 Å². The summed E-state index contributed by atoms with van der Waals surface area (Å²) in [6, 6.07) is 6.85. The molecular formula is C17H18ClN3O3. The van der Waals surface area contributed by atoms with Gasteiger partial charge in [0.15, 0.2) is 0 Å². The van der Waals surface area contributed by atoms with E-state index in [1.807, 2.05) is 0 Å². The second-order valence-electron chi connectivity index (χ2n) is 5.94. The van der Waals surface area contributed by atoms with E-state index >= 15 is 0 Å². The Morgan fingerprint density at radius 3 is 2.62 bits per heavy atom. The fourth-order valence-corrected chi connectivity index (χ4v) is 3.14. The molecule has 1 fully saturated rings. The van der Waals surface area contributed by atoms with Crippen LogP contribution in [0.2, 0.25) is 5.02 Å². The van der Waals surface area contributed by atoms with Crippen molar-refractivity contribution in [3.8, 4) is 5.69 Å². The molecule has 0 saturated heterocycles. The smallest absolute Gasteiger partial charge is 0.320 e. The van der Waals surface area contributed by atoms with Crippen molar-refractivity contribution in [3.05, 3.63) is 62.4 Å². The Labute approximate surface area is 143 Å². The maximum atomic E-state index is 12.3. The van der Waals surface area contributed by atoms with Crippen molar-refractivity contribution in [1.29, 1.82) is 0 Å². The third kappa shape index (κ3) is 3.59. The molecule has 0 unspecified atom stereocenters. The van der Waals surface area contributed by atoms with Gasteiger partial charge in [-0.3, -0.25) is 23.5 Å². The molecular weight excluding hydrogens is 330 g/mol. The maximum absolute atomic E-state index is 12.3. The molecule has 3 rings (SSSR count). The summed E-state index contributed by atoms with van der Waals surface area (Å²) in [5, 5.41) is 3.37. The van der Waals surface area contributed by atoms with Gasteiger partial charge in [0.1, 0.15) is 6.54 Å². The van der Waals surface area contributed by atoms with Crippen molar-refractivity contribution >= 4 is 17.5 Å². The Morgan fingerprint density at radius 1 is 1.17 bits per heavy atom. The summed E-state index contributed by atoms with van der Waals surface area (Å²) < 4.78 is 2.35. The average molecular weight is 348 g/mol. The number of carbonyl (C=O) groups is 1. The van der Waals surface area contributed by atoms with Crippen LogP contribution in [0.5, 0.6) is 0 Å². The summed E-state index contributed by atoms with van der Waals surface area (Å²) >= 11 is 5.92. The van der Waals surface area contributed by atoms with E-state index in [9.17, 15) is 14.4 Å². The Morgan fingerprint density at radius 2 is 1.92 bits per heavy atom. The van der Waals surface area contributed by atoms with Gasteiger partial charge in [-0.05, 0) is 31.0 Å². The summed E-state index contributed by atoms with van der Waals surface area (Å²) in [5.41, 5.74) is -0.945. The maximum Gasteiger partial charge on any atom is 0.320 e. The van der Waals surface area contributed by atoms with E-state index in [0.29, 0.717) is 10.7 Å². The molecule has 0 atom stereocenters. The van der Waals surface area contributed by atoms with E-state index < -0.39 is 11.1 Å². The van der Waals surface area contributed by atoms with Crippen LogP contribution in [0.3, 0.4) is 0 Å². The van der Waals surface area contributed by atoms with Gasteiger partial charge in [0.05, 0.1) is 5.69 Å². The van der Waals surface area contributed by atoms with Crippen molar-refractivity contribution in [1.82, 2.24) is 14.5 Å². The number of amides is 1. The van der Waals surface area contributed by atoms with Gasteiger partial charge >= 0.3 is 11.1 Å². The molecule has 1 N–H and O–H groups in total. The molecule has 6 nitrogen and oxygen atoms in total. The van der Waals surface area contributed by atoms with E-state index in [2.05, 4.69) is 5.32 Å². The zero-order valence-corrected chi connectivity index (χ0v) is 13.8. The van der Waals surface area contributed by atoms with E-state index in [1.165, 1.54) is 17.0 Å². The van der Waals surface area contributed by atoms with Gasteiger partial charge in [-0.1, -0.05) is 30.5 Å². The molecule has 0 aliphatic heterocycles. The van der Waals surface area contributed by atoms with Crippen LogP contribution in [0.25, 0.3) is 5.69 Å². The van der Waals surface area contributed by atoms with Crippen LogP contribution < -0.4 is 16.4 Å². The summed E-state index contributed by atoms with van der Waals surface area (Å²) in [6.07, 6.45) is 7.08. The lowest BCUT2D eigenvalue weighted by Crippen LogP contribution is -2.43. The van der Waals surface area contributed by atoms with Gasteiger partial charge in [-0.2, -0.15) is 0 Å². The lowest BCUT2D eigenvalue weighted by atomic mass is 10.2. The Hall–Kier alpha value is -2.34. The largest absolute Gasteiger partial charge is 0.352 e. The zero-order valence-electron chi connectivity index (χ0n) is 13.1. The number of rotatable bonds is 4. The van der Waals surface area contributed by atoms with Crippen LogP contribution in [0.4, 0.5) is 0 Å². The monoisotopic (exact) mass is 347 g/mol. The van der Waals surface area contributed by atoms with Crippen LogP contribution in [0.15, 0.2) is 46.2 Å². The third-order valence-electron chi connectivity index (χ3n) is 4.18. The molecule has 7 heteroatoms. The Kier molecular flexibility index (Phi) is 4.85. The molecule has 1 aliphatic rings. The van der Waals surface area contributed by atoms with Gasteiger partial charge in [-0.15, -0.1) is 0 Å². The number of nitrogens with zero attached hydrogens (tertiary/aromatic N) is 2. The van der Waals surface area contributed by atoms with E-state index in [0.717, 1.165) is 30.3 Å². The van der Waals surface area contributed by atoms with Crippen molar-refractivity contribution in [2.24, 2.45) is 0 Å². The van der Waals surface area contributed by atoms with E-state index in [4.69, 9.17) is 11.6 Å². The second-order valence-corrected chi connectivity index (χ2v) is 6.37. The summed E-state index contributed by atoms with van der Waals surface area (Å²) in [7, 11) is 0. The molecule has 1 amide bonds. The first-order valence-corrected chi connectivity index (χ1v) is 8.30. The summed E-state index contributed by atoms with van der Waals surface area (Å²) in [4.78, 5) is 36.6. The first-order valence-electron chi connectivity index (χ1n) is 7.92. The predicted octanol–water partition coefficient (Wildman–Crippen LogP) is 1.71. The molecule has 1 heterocycles. The van der Waals surface area contributed by atoms with Crippen LogP contribution in [0.1, 0.15) is 25.7 Å². The number of benzene rings is 1. The molecule has 0 bridgehead atoms. The number of aromatic nitrogens is 2. The fourth-order valence-electron chi connectivity index (χ4n) is 2.96. The third-order valence-corrected chi connectivity index (χ3v) is 4.41. The molecule has 1 saturated carbocycles. The molecule has 24 heavy (non-hydrogen) atoms. The van der Waals surface area contributed by atoms with Gasteiger partial charge < -0.3 is 5.32 Å². The van der Waals surface area contributed by atoms with Crippen LogP contribution in [-0.2, 0) is 11.3 Å². The second kappa shape index (κ2) is 7.05. The molecule has 0 radical (unpaired) electrons. The summed E-state index contributed by atoms with van der Waals surface area (Å²) in [6.45, 7) is -0.152. The first kappa shape index (κ1) is 16.5. The topological polar surface area (TPSA) is 73.1 Å². The number of halogens is 1. The summed E-state index contributed by atoms with van der Waals surface area (Å²) in [5.74, 6) is -0.246. The SMILES string of the molecule is O=C(Cn1ccn(-c2cccc(Cl)c2)c(=O)c1=O)NC1CCCC1. The minimum Gasteiger partial charge on any atom is -0.352 e. The van der Waals surface area contributed by atoms with Crippen LogP contribution in [0, 0.1) is 0 Å². The van der Waals surface area contributed by atoms with Gasteiger partial charge in [0.2, 0.25) is 5.91 Å². The predicted molar refractivity (Wildman–Crippen MR) is 91.7 cm³/mol. The van der Waals surface area contributed by atoms with Crippen molar-refractivity contribution in [2.75, 3.05) is 0 Å². The lowest BCUT2D eigenvalue weighted by Gasteiger charge is -2.13. The van der Waals surface area contributed by atoms with Gasteiger partial charge in [0, 0.05) is 23.5 Å². The molecule has 1 aliphatic carbocycles. The van der Waals surface area contributed by atoms with Crippen molar-refractivity contribution in [3.63, 3.8) is 0 Å². The molecule has 2 aromatic rings. The molecule has 1 aromatic carbocycles. The molecule has 126 valence electrons. The number of hydrogen-bond donors (Lipinski definition) is 1. The minimum absolute atomic E-state index is 0.152.